The molecule has 0 heterocycles. The quantitative estimate of drug-likeness (QED) is 0.806. The standard InChI is InChI=1S/C12H15F4N/c1-8(17-2)3-4-9-5-6-10(13)7-11(9)12(14,15)16/h5-8,17H,3-4H2,1-2H3. The summed E-state index contributed by atoms with van der Waals surface area (Å²) in [5.41, 5.74) is -0.734. The van der Waals surface area contributed by atoms with Crippen molar-refractivity contribution in [1.82, 2.24) is 5.32 Å². The zero-order valence-corrected chi connectivity index (χ0v) is 9.74. The molecule has 0 amide bonds. The van der Waals surface area contributed by atoms with Gasteiger partial charge in [0, 0.05) is 6.04 Å². The van der Waals surface area contributed by atoms with E-state index < -0.39 is 17.6 Å². The molecule has 0 aliphatic rings. The third-order valence-electron chi connectivity index (χ3n) is 2.72. The van der Waals surface area contributed by atoms with Gasteiger partial charge in [-0.3, -0.25) is 0 Å². The highest BCUT2D eigenvalue weighted by molar-refractivity contribution is 5.30. The third-order valence-corrected chi connectivity index (χ3v) is 2.72. The predicted molar refractivity (Wildman–Crippen MR) is 58.2 cm³/mol. The Hall–Kier alpha value is -1.10. The van der Waals surface area contributed by atoms with Crippen LogP contribution in [0.15, 0.2) is 18.2 Å². The number of alkyl halides is 3. The lowest BCUT2D eigenvalue weighted by atomic mass is 10.00. The number of hydrogen-bond donors (Lipinski definition) is 1. The fraction of sp³-hybridized carbons (Fsp3) is 0.500. The fourth-order valence-electron chi connectivity index (χ4n) is 1.55. The molecule has 0 aromatic heterocycles. The minimum Gasteiger partial charge on any atom is -0.317 e. The van der Waals surface area contributed by atoms with E-state index in [9.17, 15) is 17.6 Å². The number of nitrogens with one attached hydrogen (secondary N) is 1. The summed E-state index contributed by atoms with van der Waals surface area (Å²) in [4.78, 5) is 0. The first-order valence-corrected chi connectivity index (χ1v) is 5.37. The van der Waals surface area contributed by atoms with Crippen LogP contribution in [0.2, 0.25) is 0 Å². The maximum atomic E-state index is 12.8. The average molecular weight is 249 g/mol. The maximum absolute atomic E-state index is 12.8. The molecular formula is C12H15F4N. The van der Waals surface area contributed by atoms with Crippen molar-refractivity contribution in [1.29, 1.82) is 0 Å². The van der Waals surface area contributed by atoms with Gasteiger partial charge in [0.1, 0.15) is 5.82 Å². The largest absolute Gasteiger partial charge is 0.416 e. The van der Waals surface area contributed by atoms with E-state index in [4.69, 9.17) is 0 Å². The normalized spacial score (nSPS) is 13.8. The van der Waals surface area contributed by atoms with E-state index in [2.05, 4.69) is 5.32 Å². The lowest BCUT2D eigenvalue weighted by Gasteiger charge is -2.15. The van der Waals surface area contributed by atoms with Gasteiger partial charge < -0.3 is 5.32 Å². The number of aryl methyl sites for hydroxylation is 1. The Morgan fingerprint density at radius 3 is 2.47 bits per heavy atom. The molecule has 1 atom stereocenters. The Kier molecular flexibility index (Phi) is 4.51. The van der Waals surface area contributed by atoms with E-state index in [1.165, 1.54) is 6.07 Å². The highest BCUT2D eigenvalue weighted by atomic mass is 19.4. The van der Waals surface area contributed by atoms with E-state index in [-0.39, 0.29) is 18.0 Å². The molecule has 0 saturated carbocycles. The van der Waals surface area contributed by atoms with Crippen molar-refractivity contribution in [2.24, 2.45) is 0 Å². The van der Waals surface area contributed by atoms with Gasteiger partial charge in [0.2, 0.25) is 0 Å². The summed E-state index contributed by atoms with van der Waals surface area (Å²) in [6.45, 7) is 1.89. The molecule has 0 saturated heterocycles. The van der Waals surface area contributed by atoms with Crippen LogP contribution < -0.4 is 5.32 Å². The Morgan fingerprint density at radius 2 is 1.94 bits per heavy atom. The Bertz CT molecular complexity index is 373. The van der Waals surface area contributed by atoms with E-state index in [0.717, 1.165) is 6.07 Å². The van der Waals surface area contributed by atoms with Gasteiger partial charge in [0.15, 0.2) is 0 Å². The van der Waals surface area contributed by atoms with Crippen LogP contribution in [0.3, 0.4) is 0 Å². The lowest BCUT2D eigenvalue weighted by Crippen LogP contribution is -2.22. The molecule has 17 heavy (non-hydrogen) atoms. The molecule has 5 heteroatoms. The van der Waals surface area contributed by atoms with Crippen LogP contribution in [0.4, 0.5) is 17.6 Å². The van der Waals surface area contributed by atoms with Crippen LogP contribution in [0, 0.1) is 5.82 Å². The first kappa shape index (κ1) is 14.0. The predicted octanol–water partition coefficient (Wildman–Crippen LogP) is 3.39. The Morgan fingerprint density at radius 1 is 1.29 bits per heavy atom. The Labute approximate surface area is 97.8 Å². The molecule has 1 aromatic carbocycles. The molecular weight excluding hydrogens is 234 g/mol. The first-order chi connectivity index (χ1) is 7.84. The van der Waals surface area contributed by atoms with Gasteiger partial charge in [-0.2, -0.15) is 13.2 Å². The minimum atomic E-state index is -4.50. The third kappa shape index (κ3) is 4.00. The highest BCUT2D eigenvalue weighted by Crippen LogP contribution is 2.33. The van der Waals surface area contributed by atoms with Crippen molar-refractivity contribution in [3.8, 4) is 0 Å². The Balaban J connectivity index is 2.91. The van der Waals surface area contributed by atoms with Crippen LogP contribution in [-0.4, -0.2) is 13.1 Å². The number of rotatable bonds is 4. The van der Waals surface area contributed by atoms with Crippen LogP contribution in [0.5, 0.6) is 0 Å². The van der Waals surface area contributed by atoms with Crippen molar-refractivity contribution in [2.75, 3.05) is 7.05 Å². The summed E-state index contributed by atoms with van der Waals surface area (Å²) in [5, 5.41) is 2.95. The van der Waals surface area contributed by atoms with Gasteiger partial charge >= 0.3 is 6.18 Å². The average Bonchev–Trinajstić information content (AvgIpc) is 2.25. The number of hydrogen-bond acceptors (Lipinski definition) is 1. The molecule has 0 bridgehead atoms. The molecule has 0 radical (unpaired) electrons. The van der Waals surface area contributed by atoms with Gasteiger partial charge in [0.05, 0.1) is 5.56 Å². The van der Waals surface area contributed by atoms with E-state index in [1.807, 2.05) is 6.92 Å². The minimum absolute atomic E-state index is 0.126. The van der Waals surface area contributed by atoms with E-state index in [0.29, 0.717) is 12.5 Å². The molecule has 0 spiro atoms. The number of halogens is 4. The second-order valence-corrected chi connectivity index (χ2v) is 4.03. The van der Waals surface area contributed by atoms with E-state index in [1.54, 1.807) is 7.05 Å². The monoisotopic (exact) mass is 249 g/mol. The summed E-state index contributed by atoms with van der Waals surface area (Å²) < 4.78 is 50.8. The van der Waals surface area contributed by atoms with Crippen LogP contribution in [0.1, 0.15) is 24.5 Å². The van der Waals surface area contributed by atoms with Crippen LogP contribution >= 0.6 is 0 Å². The molecule has 1 unspecified atom stereocenters. The van der Waals surface area contributed by atoms with Crippen molar-refractivity contribution < 1.29 is 17.6 Å². The molecule has 96 valence electrons. The van der Waals surface area contributed by atoms with Gasteiger partial charge in [-0.15, -0.1) is 0 Å². The van der Waals surface area contributed by atoms with Gasteiger partial charge in [0.25, 0.3) is 0 Å². The van der Waals surface area contributed by atoms with Crippen LogP contribution in [-0.2, 0) is 12.6 Å². The highest BCUT2D eigenvalue weighted by Gasteiger charge is 2.33. The molecule has 1 N–H and O–H groups in total. The summed E-state index contributed by atoms with van der Waals surface area (Å²) >= 11 is 0. The molecule has 1 nitrogen and oxygen atoms in total. The van der Waals surface area contributed by atoms with E-state index >= 15 is 0 Å². The van der Waals surface area contributed by atoms with Crippen molar-refractivity contribution in [2.45, 2.75) is 32.0 Å². The second-order valence-electron chi connectivity index (χ2n) is 4.03. The van der Waals surface area contributed by atoms with Gasteiger partial charge in [-0.05, 0) is 44.5 Å². The second kappa shape index (κ2) is 5.49. The first-order valence-electron chi connectivity index (χ1n) is 5.37. The molecule has 0 aliphatic carbocycles. The lowest BCUT2D eigenvalue weighted by molar-refractivity contribution is -0.138. The number of benzene rings is 1. The molecule has 0 aliphatic heterocycles. The zero-order valence-electron chi connectivity index (χ0n) is 9.74. The molecule has 1 rings (SSSR count). The van der Waals surface area contributed by atoms with Gasteiger partial charge in [-0.1, -0.05) is 6.07 Å². The summed E-state index contributed by atoms with van der Waals surface area (Å²) in [6, 6.07) is 2.95. The van der Waals surface area contributed by atoms with Crippen LogP contribution in [0.25, 0.3) is 0 Å². The summed E-state index contributed by atoms with van der Waals surface area (Å²) in [5.74, 6) is -0.859. The SMILES string of the molecule is CNC(C)CCc1ccc(F)cc1C(F)(F)F. The van der Waals surface area contributed by atoms with Crippen molar-refractivity contribution in [3.05, 3.63) is 35.1 Å². The van der Waals surface area contributed by atoms with Crippen molar-refractivity contribution >= 4 is 0 Å². The van der Waals surface area contributed by atoms with Crippen molar-refractivity contribution in [3.63, 3.8) is 0 Å². The summed E-state index contributed by atoms with van der Waals surface area (Å²) in [6.07, 6.45) is -3.65. The summed E-state index contributed by atoms with van der Waals surface area (Å²) in [7, 11) is 1.75. The zero-order chi connectivity index (χ0) is 13.1. The smallest absolute Gasteiger partial charge is 0.317 e. The molecule has 1 aromatic rings. The molecule has 0 fully saturated rings. The topological polar surface area (TPSA) is 12.0 Å². The maximum Gasteiger partial charge on any atom is 0.416 e. The van der Waals surface area contributed by atoms with Gasteiger partial charge in [-0.25, -0.2) is 4.39 Å². The fourth-order valence-corrected chi connectivity index (χ4v) is 1.55.